The third-order valence-corrected chi connectivity index (χ3v) is 2.29. The van der Waals surface area contributed by atoms with E-state index in [1.165, 1.54) is 0 Å². The maximum absolute atomic E-state index is 11.1. The molecule has 0 bridgehead atoms. The van der Waals surface area contributed by atoms with Crippen LogP contribution in [0, 0.1) is 6.92 Å². The second-order valence-corrected chi connectivity index (χ2v) is 4.55. The lowest BCUT2D eigenvalue weighted by molar-refractivity contribution is 0.0693. The summed E-state index contributed by atoms with van der Waals surface area (Å²) in [6.45, 7) is 7.90. The molecule has 0 fully saturated rings. The van der Waals surface area contributed by atoms with Crippen LogP contribution in [-0.2, 0) is 5.41 Å². The molecule has 0 aliphatic carbocycles. The SMILES string of the molecule is Cc1cccc(C(C)(C)C)c1C(=O)O.[Al]. The first kappa shape index (κ1) is 14.2. The molecule has 0 atom stereocenters. The van der Waals surface area contributed by atoms with E-state index in [1.54, 1.807) is 0 Å². The van der Waals surface area contributed by atoms with Crippen molar-refractivity contribution in [2.24, 2.45) is 0 Å². The van der Waals surface area contributed by atoms with E-state index in [2.05, 4.69) is 0 Å². The van der Waals surface area contributed by atoms with Gasteiger partial charge < -0.3 is 5.11 Å². The number of carboxylic acids is 1. The van der Waals surface area contributed by atoms with Crippen LogP contribution in [0.25, 0.3) is 0 Å². The summed E-state index contributed by atoms with van der Waals surface area (Å²) >= 11 is 0. The number of benzene rings is 1. The molecule has 1 rings (SSSR count). The quantitative estimate of drug-likeness (QED) is 0.737. The van der Waals surface area contributed by atoms with Crippen LogP contribution in [0.3, 0.4) is 0 Å². The molecule has 79 valence electrons. The number of aryl methyl sites for hydroxylation is 1. The lowest BCUT2D eigenvalue weighted by Crippen LogP contribution is -2.17. The summed E-state index contributed by atoms with van der Waals surface area (Å²) in [5.74, 6) is -0.840. The Hall–Kier alpha value is -0.778. The Kier molecular flexibility index (Phi) is 4.58. The fourth-order valence-electron chi connectivity index (χ4n) is 1.58. The van der Waals surface area contributed by atoms with Crippen molar-refractivity contribution >= 4 is 23.3 Å². The summed E-state index contributed by atoms with van der Waals surface area (Å²) in [4.78, 5) is 11.1. The summed E-state index contributed by atoms with van der Waals surface area (Å²) in [5, 5.41) is 9.11. The topological polar surface area (TPSA) is 37.3 Å². The van der Waals surface area contributed by atoms with Crippen LogP contribution in [0.4, 0.5) is 0 Å². The number of rotatable bonds is 1. The van der Waals surface area contributed by atoms with Gasteiger partial charge in [-0.3, -0.25) is 0 Å². The zero-order valence-corrected chi connectivity index (χ0v) is 10.8. The Morgan fingerprint density at radius 1 is 1.27 bits per heavy atom. The number of aromatic carboxylic acids is 1. The lowest BCUT2D eigenvalue weighted by atomic mass is 9.82. The molecule has 0 spiro atoms. The van der Waals surface area contributed by atoms with Crippen LogP contribution < -0.4 is 0 Å². The molecule has 1 aromatic carbocycles. The van der Waals surface area contributed by atoms with Gasteiger partial charge in [0.1, 0.15) is 0 Å². The Labute approximate surface area is 101 Å². The maximum Gasteiger partial charge on any atom is 0.336 e. The monoisotopic (exact) mass is 219 g/mol. The zero-order chi connectivity index (χ0) is 10.9. The van der Waals surface area contributed by atoms with E-state index < -0.39 is 5.97 Å². The van der Waals surface area contributed by atoms with Crippen LogP contribution in [0.1, 0.15) is 42.3 Å². The second-order valence-electron chi connectivity index (χ2n) is 4.55. The van der Waals surface area contributed by atoms with Gasteiger partial charge in [-0.15, -0.1) is 0 Å². The van der Waals surface area contributed by atoms with E-state index in [-0.39, 0.29) is 22.8 Å². The van der Waals surface area contributed by atoms with Gasteiger partial charge in [0.2, 0.25) is 0 Å². The first-order valence-electron chi connectivity index (χ1n) is 4.67. The molecule has 3 radical (unpaired) electrons. The van der Waals surface area contributed by atoms with Crippen LogP contribution in [0.2, 0.25) is 0 Å². The Morgan fingerprint density at radius 3 is 2.13 bits per heavy atom. The summed E-state index contributed by atoms with van der Waals surface area (Å²) in [6.07, 6.45) is 0. The maximum atomic E-state index is 11.1. The minimum Gasteiger partial charge on any atom is -0.478 e. The molecule has 1 aromatic rings. The second kappa shape index (κ2) is 4.83. The third-order valence-electron chi connectivity index (χ3n) is 2.29. The molecule has 0 heterocycles. The first-order valence-corrected chi connectivity index (χ1v) is 4.67. The molecule has 15 heavy (non-hydrogen) atoms. The van der Waals surface area contributed by atoms with Gasteiger partial charge in [0, 0.05) is 17.4 Å². The van der Waals surface area contributed by atoms with Crippen molar-refractivity contribution in [3.8, 4) is 0 Å². The molecule has 0 saturated heterocycles. The van der Waals surface area contributed by atoms with E-state index in [9.17, 15) is 4.79 Å². The third kappa shape index (κ3) is 3.09. The number of hydrogen-bond donors (Lipinski definition) is 1. The highest BCUT2D eigenvalue weighted by molar-refractivity contribution is 5.91. The highest BCUT2D eigenvalue weighted by Crippen LogP contribution is 2.27. The smallest absolute Gasteiger partial charge is 0.336 e. The molecule has 2 nitrogen and oxygen atoms in total. The van der Waals surface area contributed by atoms with Gasteiger partial charge in [-0.1, -0.05) is 39.0 Å². The molecule has 0 aliphatic heterocycles. The van der Waals surface area contributed by atoms with Crippen molar-refractivity contribution in [1.29, 1.82) is 0 Å². The summed E-state index contributed by atoms with van der Waals surface area (Å²) in [7, 11) is 0. The minimum atomic E-state index is -0.840. The molecule has 3 heteroatoms. The van der Waals surface area contributed by atoms with Gasteiger partial charge in [-0.25, -0.2) is 4.79 Å². The van der Waals surface area contributed by atoms with Crippen molar-refractivity contribution in [2.75, 3.05) is 0 Å². The van der Waals surface area contributed by atoms with Gasteiger partial charge in [0.15, 0.2) is 0 Å². The van der Waals surface area contributed by atoms with Crippen molar-refractivity contribution in [1.82, 2.24) is 0 Å². The van der Waals surface area contributed by atoms with E-state index in [0.29, 0.717) is 5.56 Å². The summed E-state index contributed by atoms with van der Waals surface area (Å²) in [5.41, 5.74) is 2.04. The fraction of sp³-hybridized carbons (Fsp3) is 0.417. The molecule has 0 unspecified atom stereocenters. The van der Waals surface area contributed by atoms with Crippen LogP contribution in [-0.4, -0.2) is 28.4 Å². The average Bonchev–Trinajstić information content (AvgIpc) is 2.01. The van der Waals surface area contributed by atoms with E-state index in [0.717, 1.165) is 11.1 Å². The normalized spacial score (nSPS) is 10.7. The predicted molar refractivity (Wildman–Crippen MR) is 62.6 cm³/mol. The van der Waals surface area contributed by atoms with Gasteiger partial charge >= 0.3 is 5.97 Å². The number of carbonyl (C=O) groups is 1. The standard InChI is InChI=1S/C12H16O2.Al/c1-8-6-5-7-9(12(2,3)4)10(8)11(13)14;/h5-7H,1-4H3,(H,13,14);. The van der Waals surface area contributed by atoms with Gasteiger partial charge in [0.05, 0.1) is 5.56 Å². The number of carboxylic acid groups (broad SMARTS) is 1. The zero-order valence-electron chi connectivity index (χ0n) is 9.66. The predicted octanol–water partition coefficient (Wildman–Crippen LogP) is 2.61. The van der Waals surface area contributed by atoms with Gasteiger partial charge in [-0.2, -0.15) is 0 Å². The molecule has 1 N–H and O–H groups in total. The molecule has 0 saturated carbocycles. The minimum absolute atomic E-state index is 0. The van der Waals surface area contributed by atoms with E-state index >= 15 is 0 Å². The number of hydrogen-bond acceptors (Lipinski definition) is 1. The van der Waals surface area contributed by atoms with E-state index in [1.807, 2.05) is 45.9 Å². The average molecular weight is 219 g/mol. The van der Waals surface area contributed by atoms with Crippen LogP contribution in [0.5, 0.6) is 0 Å². The molecule has 0 aliphatic rings. The largest absolute Gasteiger partial charge is 0.478 e. The Balaban J connectivity index is 0.00000196. The van der Waals surface area contributed by atoms with Crippen LogP contribution >= 0.6 is 0 Å². The van der Waals surface area contributed by atoms with Crippen LogP contribution in [0.15, 0.2) is 18.2 Å². The van der Waals surface area contributed by atoms with Crippen molar-refractivity contribution in [3.63, 3.8) is 0 Å². The molecular weight excluding hydrogens is 203 g/mol. The Bertz CT molecular complexity index is 364. The van der Waals surface area contributed by atoms with Gasteiger partial charge in [-0.05, 0) is 23.5 Å². The fourth-order valence-corrected chi connectivity index (χ4v) is 1.58. The van der Waals surface area contributed by atoms with E-state index in [4.69, 9.17) is 5.11 Å². The summed E-state index contributed by atoms with van der Waals surface area (Å²) in [6, 6.07) is 5.62. The van der Waals surface area contributed by atoms with Crippen molar-refractivity contribution in [2.45, 2.75) is 33.1 Å². The van der Waals surface area contributed by atoms with Crippen molar-refractivity contribution in [3.05, 3.63) is 34.9 Å². The highest BCUT2D eigenvalue weighted by atomic mass is 27.0. The van der Waals surface area contributed by atoms with Gasteiger partial charge in [0.25, 0.3) is 0 Å². The molecular formula is C12H16AlO2. The molecule has 0 amide bonds. The van der Waals surface area contributed by atoms with Crippen molar-refractivity contribution < 1.29 is 9.90 Å². The molecule has 0 aromatic heterocycles. The highest BCUT2D eigenvalue weighted by Gasteiger charge is 2.22. The summed E-state index contributed by atoms with van der Waals surface area (Å²) < 4.78 is 0. The Morgan fingerprint density at radius 2 is 1.80 bits per heavy atom. The first-order chi connectivity index (χ1) is 6.34. The lowest BCUT2D eigenvalue weighted by Gasteiger charge is -2.22.